The van der Waals surface area contributed by atoms with Crippen molar-refractivity contribution in [3.05, 3.63) is 58.3 Å². The normalized spacial score (nSPS) is 14.0. The van der Waals surface area contributed by atoms with Crippen LogP contribution in [0.25, 0.3) is 0 Å². The highest BCUT2D eigenvalue weighted by Gasteiger charge is 2.19. The van der Waals surface area contributed by atoms with E-state index in [4.69, 9.17) is 0 Å². The fourth-order valence-electron chi connectivity index (χ4n) is 2.45. The Morgan fingerprint density at radius 1 is 1.19 bits per heavy atom. The number of sulfonamides is 1. The van der Waals surface area contributed by atoms with Gasteiger partial charge in [-0.1, -0.05) is 6.07 Å². The van der Waals surface area contributed by atoms with Gasteiger partial charge in [-0.2, -0.15) is 0 Å². The first-order chi connectivity index (χ1) is 12.3. The Morgan fingerprint density at radius 3 is 2.73 bits per heavy atom. The topological polar surface area (TPSA) is 87.6 Å². The first-order valence-electron chi connectivity index (χ1n) is 7.78. The quantitative estimate of drug-likeness (QED) is 0.765. The van der Waals surface area contributed by atoms with Crippen LogP contribution < -0.4 is 10.0 Å². The van der Waals surface area contributed by atoms with Gasteiger partial charge in [0.05, 0.1) is 10.5 Å². The summed E-state index contributed by atoms with van der Waals surface area (Å²) >= 11 is 3.19. The molecule has 3 rings (SSSR count). The third-order valence-electron chi connectivity index (χ3n) is 3.70. The summed E-state index contributed by atoms with van der Waals surface area (Å²) in [7, 11) is -3.78. The minimum absolute atomic E-state index is 0.00297. The van der Waals surface area contributed by atoms with Gasteiger partial charge in [-0.15, -0.1) is 0 Å². The Labute approximate surface area is 158 Å². The van der Waals surface area contributed by atoms with Crippen molar-refractivity contribution >= 4 is 43.4 Å². The second-order valence-corrected chi connectivity index (χ2v) is 8.18. The fraction of sp³-hybridized carbons (Fsp3) is 0.176. The molecule has 6 nitrogen and oxygen atoms in total. The summed E-state index contributed by atoms with van der Waals surface area (Å²) in [6.07, 6.45) is 1.40. The fourth-order valence-corrected chi connectivity index (χ4v) is 4.01. The lowest BCUT2D eigenvalue weighted by Gasteiger charge is -2.10. The van der Waals surface area contributed by atoms with Gasteiger partial charge in [-0.25, -0.2) is 12.8 Å². The van der Waals surface area contributed by atoms with Crippen LogP contribution in [0.3, 0.4) is 0 Å². The molecule has 1 amide bonds. The van der Waals surface area contributed by atoms with Crippen molar-refractivity contribution in [2.75, 3.05) is 11.9 Å². The summed E-state index contributed by atoms with van der Waals surface area (Å²) in [6.45, 7) is 0.608. The molecule has 0 bridgehead atoms. The Bertz CT molecular complexity index is 992. The van der Waals surface area contributed by atoms with Gasteiger partial charge in [0, 0.05) is 23.1 Å². The summed E-state index contributed by atoms with van der Waals surface area (Å²) in [5.74, 6) is -0.668. The molecular weight excluding hydrogens is 425 g/mol. The minimum atomic E-state index is -3.78. The number of aliphatic imine (C=N–C) groups is 1. The molecule has 0 aliphatic carbocycles. The van der Waals surface area contributed by atoms with Crippen molar-refractivity contribution in [3.63, 3.8) is 0 Å². The van der Waals surface area contributed by atoms with Gasteiger partial charge in [0.15, 0.2) is 0 Å². The SMILES string of the molecule is O=C(Nc1cccc(S(=O)(=O)NC2=NCCC2)c1)c1cc(F)ccc1Br. The van der Waals surface area contributed by atoms with Crippen molar-refractivity contribution in [1.29, 1.82) is 0 Å². The van der Waals surface area contributed by atoms with E-state index in [-0.39, 0.29) is 16.1 Å². The number of halogens is 2. The molecule has 9 heteroatoms. The molecule has 1 aliphatic rings. The highest BCUT2D eigenvalue weighted by Crippen LogP contribution is 2.21. The first kappa shape index (κ1) is 18.5. The van der Waals surface area contributed by atoms with Crippen molar-refractivity contribution in [1.82, 2.24) is 4.72 Å². The number of amides is 1. The zero-order valence-electron chi connectivity index (χ0n) is 13.5. The van der Waals surface area contributed by atoms with Crippen LogP contribution in [0.2, 0.25) is 0 Å². The number of rotatable bonds is 4. The van der Waals surface area contributed by atoms with E-state index < -0.39 is 21.7 Å². The number of hydrogen-bond acceptors (Lipinski definition) is 4. The summed E-state index contributed by atoms with van der Waals surface area (Å²) in [4.78, 5) is 16.4. The van der Waals surface area contributed by atoms with Crippen LogP contribution in [-0.2, 0) is 10.0 Å². The van der Waals surface area contributed by atoms with Crippen LogP contribution >= 0.6 is 15.9 Å². The van der Waals surface area contributed by atoms with E-state index in [1.54, 1.807) is 6.07 Å². The zero-order chi connectivity index (χ0) is 18.7. The van der Waals surface area contributed by atoms with Crippen LogP contribution in [0.15, 0.2) is 56.8 Å². The smallest absolute Gasteiger partial charge is 0.262 e. The number of nitrogens with zero attached hydrogens (tertiary/aromatic N) is 1. The van der Waals surface area contributed by atoms with E-state index in [2.05, 4.69) is 31.0 Å². The lowest BCUT2D eigenvalue weighted by Crippen LogP contribution is -2.29. The lowest BCUT2D eigenvalue weighted by atomic mass is 10.2. The number of amidine groups is 1. The first-order valence-corrected chi connectivity index (χ1v) is 10.1. The molecule has 2 N–H and O–H groups in total. The minimum Gasteiger partial charge on any atom is -0.322 e. The maximum absolute atomic E-state index is 13.4. The van der Waals surface area contributed by atoms with Gasteiger partial charge in [0.2, 0.25) is 0 Å². The Kier molecular flexibility index (Phi) is 5.38. The molecule has 26 heavy (non-hydrogen) atoms. The van der Waals surface area contributed by atoms with Gasteiger partial charge in [-0.3, -0.25) is 14.5 Å². The second-order valence-electron chi connectivity index (χ2n) is 5.64. The molecular formula is C17H15BrFN3O3S. The third kappa shape index (κ3) is 4.28. The Hall–Kier alpha value is -2.26. The van der Waals surface area contributed by atoms with Crippen LogP contribution in [0.1, 0.15) is 23.2 Å². The number of hydrogen-bond donors (Lipinski definition) is 2. The molecule has 0 saturated heterocycles. The summed E-state index contributed by atoms with van der Waals surface area (Å²) in [5, 5.41) is 2.57. The molecule has 136 valence electrons. The van der Waals surface area contributed by atoms with Crippen LogP contribution in [-0.4, -0.2) is 26.7 Å². The lowest BCUT2D eigenvalue weighted by molar-refractivity contribution is 0.102. The van der Waals surface area contributed by atoms with Gasteiger partial charge < -0.3 is 5.32 Å². The average molecular weight is 440 g/mol. The molecule has 0 radical (unpaired) electrons. The number of carbonyl (C=O) groups is 1. The van der Waals surface area contributed by atoms with Crippen molar-refractivity contribution in [2.45, 2.75) is 17.7 Å². The third-order valence-corrected chi connectivity index (χ3v) is 5.77. The Balaban J connectivity index is 1.81. The summed E-state index contributed by atoms with van der Waals surface area (Å²) in [6, 6.07) is 9.58. The van der Waals surface area contributed by atoms with Gasteiger partial charge in [-0.05, 0) is 58.7 Å². The average Bonchev–Trinajstić information content (AvgIpc) is 3.09. The van der Waals surface area contributed by atoms with E-state index in [0.29, 0.717) is 23.3 Å². The highest BCUT2D eigenvalue weighted by atomic mass is 79.9. The van der Waals surface area contributed by atoms with E-state index in [1.807, 2.05) is 0 Å². The molecule has 1 heterocycles. The van der Waals surface area contributed by atoms with Crippen LogP contribution in [0.4, 0.5) is 10.1 Å². The zero-order valence-corrected chi connectivity index (χ0v) is 15.9. The molecule has 0 unspecified atom stereocenters. The van der Waals surface area contributed by atoms with Crippen LogP contribution in [0, 0.1) is 5.82 Å². The summed E-state index contributed by atoms with van der Waals surface area (Å²) in [5.41, 5.74) is 0.388. The van der Waals surface area contributed by atoms with Crippen molar-refractivity contribution in [3.8, 4) is 0 Å². The largest absolute Gasteiger partial charge is 0.322 e. The second kappa shape index (κ2) is 7.55. The molecule has 0 spiro atoms. The summed E-state index contributed by atoms with van der Waals surface area (Å²) < 4.78 is 41.1. The molecule has 1 aliphatic heterocycles. The molecule has 2 aromatic rings. The van der Waals surface area contributed by atoms with Crippen LogP contribution in [0.5, 0.6) is 0 Å². The van der Waals surface area contributed by atoms with E-state index >= 15 is 0 Å². The van der Waals surface area contributed by atoms with E-state index in [1.165, 1.54) is 30.3 Å². The van der Waals surface area contributed by atoms with Gasteiger partial charge in [0.1, 0.15) is 11.7 Å². The molecule has 0 aromatic heterocycles. The number of benzene rings is 2. The molecule has 0 atom stereocenters. The number of anilines is 1. The maximum Gasteiger partial charge on any atom is 0.262 e. The monoisotopic (exact) mass is 439 g/mol. The van der Waals surface area contributed by atoms with Crippen molar-refractivity contribution < 1.29 is 17.6 Å². The van der Waals surface area contributed by atoms with E-state index in [9.17, 15) is 17.6 Å². The van der Waals surface area contributed by atoms with Crippen molar-refractivity contribution in [2.24, 2.45) is 4.99 Å². The van der Waals surface area contributed by atoms with Gasteiger partial charge in [0.25, 0.3) is 15.9 Å². The van der Waals surface area contributed by atoms with Gasteiger partial charge >= 0.3 is 0 Å². The maximum atomic E-state index is 13.4. The predicted octanol–water partition coefficient (Wildman–Crippen LogP) is 3.31. The van der Waals surface area contributed by atoms with E-state index in [0.717, 1.165) is 12.5 Å². The predicted molar refractivity (Wildman–Crippen MR) is 100 cm³/mol. The molecule has 0 fully saturated rings. The molecule has 2 aromatic carbocycles. The number of carbonyl (C=O) groups excluding carboxylic acids is 1. The Morgan fingerprint density at radius 2 is 2.00 bits per heavy atom. The standard InChI is InChI=1S/C17H15BrFN3O3S/c18-15-7-6-11(19)9-14(15)17(23)21-12-3-1-4-13(10-12)26(24,25)22-16-5-2-8-20-16/h1,3-4,6-7,9-10H,2,5,8H2,(H,20,22)(H,21,23). The number of nitrogens with one attached hydrogen (secondary N) is 2. The molecule has 0 saturated carbocycles. The highest BCUT2D eigenvalue weighted by molar-refractivity contribution is 9.10.